The molecular weight excluding hydrogens is 422 g/mol. The summed E-state index contributed by atoms with van der Waals surface area (Å²) >= 11 is 0. The predicted octanol–water partition coefficient (Wildman–Crippen LogP) is 0.253. The van der Waals surface area contributed by atoms with Crippen molar-refractivity contribution >= 4 is 20.0 Å². The van der Waals surface area contributed by atoms with E-state index >= 15 is 0 Å². The number of nitrogens with zero attached hydrogens (tertiary/aromatic N) is 4. The van der Waals surface area contributed by atoms with Gasteiger partial charge in [0, 0.05) is 19.1 Å². The van der Waals surface area contributed by atoms with Gasteiger partial charge in [-0.05, 0) is 39.5 Å². The Balaban J connectivity index is 1.65. The molecule has 1 aliphatic carbocycles. The SMILES string of the molecule is Cc1noc([C@]23C[C@H](NS(=O)(=O)c4c(C)noc4C)C[C@H]2CN(S(C)(=O)=O)C3)n1. The van der Waals surface area contributed by atoms with Gasteiger partial charge in [-0.15, -0.1) is 0 Å². The van der Waals surface area contributed by atoms with Gasteiger partial charge in [-0.25, -0.2) is 25.9 Å². The second kappa shape index (κ2) is 6.59. The van der Waals surface area contributed by atoms with Crippen LogP contribution in [0.1, 0.15) is 36.0 Å². The summed E-state index contributed by atoms with van der Waals surface area (Å²) in [7, 11) is -7.24. The van der Waals surface area contributed by atoms with Crippen molar-refractivity contribution in [3.8, 4) is 0 Å². The molecule has 13 heteroatoms. The van der Waals surface area contributed by atoms with Gasteiger partial charge >= 0.3 is 0 Å². The number of hydrogen-bond acceptors (Lipinski definition) is 9. The maximum absolute atomic E-state index is 12.9. The minimum atomic E-state index is -3.84. The molecule has 2 aliphatic rings. The number of sulfonamides is 2. The van der Waals surface area contributed by atoms with Gasteiger partial charge in [-0.1, -0.05) is 10.3 Å². The molecule has 0 bridgehead atoms. The fraction of sp³-hybridized carbons (Fsp3) is 0.688. The Morgan fingerprint density at radius 2 is 1.86 bits per heavy atom. The van der Waals surface area contributed by atoms with Gasteiger partial charge in [-0.2, -0.15) is 4.98 Å². The Bertz CT molecular complexity index is 1130. The molecule has 0 aromatic carbocycles. The van der Waals surface area contributed by atoms with E-state index in [9.17, 15) is 16.8 Å². The van der Waals surface area contributed by atoms with Crippen LogP contribution < -0.4 is 4.72 Å². The van der Waals surface area contributed by atoms with Crippen LogP contribution in [0.2, 0.25) is 0 Å². The Morgan fingerprint density at radius 1 is 1.14 bits per heavy atom. The van der Waals surface area contributed by atoms with Gasteiger partial charge in [0.25, 0.3) is 0 Å². The van der Waals surface area contributed by atoms with Crippen molar-refractivity contribution in [1.82, 2.24) is 24.3 Å². The summed E-state index contributed by atoms with van der Waals surface area (Å²) in [6, 6.07) is -0.410. The van der Waals surface area contributed by atoms with Crippen molar-refractivity contribution in [2.24, 2.45) is 5.92 Å². The third-order valence-electron chi connectivity index (χ3n) is 5.82. The lowest BCUT2D eigenvalue weighted by molar-refractivity contribution is 0.259. The molecular formula is C16H23N5O6S2. The van der Waals surface area contributed by atoms with Crippen LogP contribution in [0.4, 0.5) is 0 Å². The van der Waals surface area contributed by atoms with E-state index in [2.05, 4.69) is 20.0 Å². The van der Waals surface area contributed by atoms with Gasteiger partial charge in [0.05, 0.1) is 11.7 Å². The standard InChI is InChI=1S/C16H23N5O6S2/c1-9-14(10(2)26-18-9)29(24,25)20-13-5-12-7-21(28(4,22)23)8-16(12,6-13)15-17-11(3)19-27-15/h12-13,20H,5-8H2,1-4H3/t12-,13+,16-/m0/s1. The Hall–Kier alpha value is -1.83. The normalized spacial score (nSPS) is 28.1. The minimum Gasteiger partial charge on any atom is -0.360 e. The average molecular weight is 446 g/mol. The highest BCUT2D eigenvalue weighted by molar-refractivity contribution is 7.89. The highest BCUT2D eigenvalue weighted by Gasteiger charge is 2.59. The van der Waals surface area contributed by atoms with Gasteiger partial charge < -0.3 is 9.05 Å². The molecule has 11 nitrogen and oxygen atoms in total. The maximum Gasteiger partial charge on any atom is 0.246 e. The molecule has 0 radical (unpaired) electrons. The van der Waals surface area contributed by atoms with E-state index < -0.39 is 31.5 Å². The van der Waals surface area contributed by atoms with Gasteiger partial charge in [0.1, 0.15) is 10.6 Å². The lowest BCUT2D eigenvalue weighted by atomic mass is 9.80. The third-order valence-corrected chi connectivity index (χ3v) is 8.80. The molecule has 1 saturated carbocycles. The van der Waals surface area contributed by atoms with Gasteiger partial charge in [0.2, 0.25) is 25.9 Å². The molecule has 1 N–H and O–H groups in total. The van der Waals surface area contributed by atoms with Crippen molar-refractivity contribution < 1.29 is 25.9 Å². The fourth-order valence-corrected chi connectivity index (χ4v) is 7.13. The average Bonchev–Trinajstić information content (AvgIpc) is 3.29. The number of hydrogen-bond donors (Lipinski definition) is 1. The molecule has 4 rings (SSSR count). The molecule has 1 saturated heterocycles. The molecule has 0 unspecified atom stereocenters. The van der Waals surface area contributed by atoms with E-state index in [1.165, 1.54) is 10.6 Å². The smallest absolute Gasteiger partial charge is 0.246 e. The molecule has 160 valence electrons. The summed E-state index contributed by atoms with van der Waals surface area (Å²) in [5.74, 6) is 0.879. The van der Waals surface area contributed by atoms with Crippen LogP contribution in [0.15, 0.2) is 13.9 Å². The third kappa shape index (κ3) is 3.39. The van der Waals surface area contributed by atoms with E-state index in [1.807, 2.05) is 0 Å². The van der Waals surface area contributed by atoms with Crippen molar-refractivity contribution in [2.45, 2.75) is 50.0 Å². The predicted molar refractivity (Wildman–Crippen MR) is 99.9 cm³/mol. The molecule has 3 heterocycles. The second-order valence-electron chi connectivity index (χ2n) is 7.97. The lowest BCUT2D eigenvalue weighted by Gasteiger charge is -2.24. The molecule has 29 heavy (non-hydrogen) atoms. The molecule has 2 fully saturated rings. The minimum absolute atomic E-state index is 0.0370. The maximum atomic E-state index is 12.9. The quantitative estimate of drug-likeness (QED) is 0.683. The van der Waals surface area contributed by atoms with Gasteiger partial charge in [-0.3, -0.25) is 0 Å². The molecule has 1 aliphatic heterocycles. The van der Waals surface area contributed by atoms with Crippen LogP contribution in [0.25, 0.3) is 0 Å². The highest BCUT2D eigenvalue weighted by atomic mass is 32.2. The number of aryl methyl sites for hydroxylation is 3. The summed E-state index contributed by atoms with van der Waals surface area (Å²) in [5, 5.41) is 7.57. The van der Waals surface area contributed by atoms with Crippen molar-refractivity contribution in [3.63, 3.8) is 0 Å². The number of rotatable bonds is 5. The first-order valence-corrected chi connectivity index (χ1v) is 12.5. The number of fused-ring (bicyclic) bond motifs is 1. The summed E-state index contributed by atoms with van der Waals surface area (Å²) in [4.78, 5) is 4.39. The summed E-state index contributed by atoms with van der Waals surface area (Å²) in [5.41, 5.74) is -0.435. The van der Waals surface area contributed by atoms with E-state index in [4.69, 9.17) is 9.05 Å². The summed E-state index contributed by atoms with van der Waals surface area (Å²) in [6.07, 6.45) is 1.97. The molecule has 2 aromatic heterocycles. The molecule has 3 atom stereocenters. The fourth-order valence-electron chi connectivity index (χ4n) is 4.63. The summed E-state index contributed by atoms with van der Waals surface area (Å²) in [6.45, 7) is 5.27. The first-order valence-electron chi connectivity index (χ1n) is 9.13. The zero-order valence-electron chi connectivity index (χ0n) is 16.5. The number of aromatic nitrogens is 3. The van der Waals surface area contributed by atoms with Crippen molar-refractivity contribution in [2.75, 3.05) is 19.3 Å². The van der Waals surface area contributed by atoms with Crippen LogP contribution in [-0.4, -0.2) is 61.8 Å². The van der Waals surface area contributed by atoms with Crippen LogP contribution in [-0.2, 0) is 25.5 Å². The van der Waals surface area contributed by atoms with Gasteiger partial charge in [0.15, 0.2) is 11.6 Å². The Morgan fingerprint density at radius 3 is 2.41 bits per heavy atom. The summed E-state index contributed by atoms with van der Waals surface area (Å²) < 4.78 is 64.6. The molecule has 2 aromatic rings. The van der Waals surface area contributed by atoms with Crippen LogP contribution >= 0.6 is 0 Å². The van der Waals surface area contributed by atoms with E-state index in [1.54, 1.807) is 20.8 Å². The lowest BCUT2D eigenvalue weighted by Crippen LogP contribution is -2.39. The monoisotopic (exact) mass is 445 g/mol. The topological polar surface area (TPSA) is 148 Å². The molecule has 0 spiro atoms. The van der Waals surface area contributed by atoms with E-state index in [-0.39, 0.29) is 29.7 Å². The number of nitrogens with one attached hydrogen (secondary N) is 1. The van der Waals surface area contributed by atoms with Crippen molar-refractivity contribution in [3.05, 3.63) is 23.2 Å². The van der Waals surface area contributed by atoms with Crippen LogP contribution in [0.5, 0.6) is 0 Å². The highest BCUT2D eigenvalue weighted by Crippen LogP contribution is 2.50. The molecule has 0 amide bonds. The van der Waals surface area contributed by atoms with Crippen molar-refractivity contribution in [1.29, 1.82) is 0 Å². The zero-order chi connectivity index (χ0) is 21.2. The Labute approximate surface area is 168 Å². The first-order chi connectivity index (χ1) is 13.4. The van der Waals surface area contributed by atoms with E-state index in [0.29, 0.717) is 30.3 Å². The Kier molecular flexibility index (Phi) is 4.64. The van der Waals surface area contributed by atoms with E-state index in [0.717, 1.165) is 0 Å². The first kappa shape index (κ1) is 20.4. The largest absolute Gasteiger partial charge is 0.360 e. The second-order valence-corrected chi connectivity index (χ2v) is 11.6. The zero-order valence-corrected chi connectivity index (χ0v) is 18.2. The van der Waals surface area contributed by atoms with Crippen LogP contribution in [0, 0.1) is 26.7 Å². The van der Waals surface area contributed by atoms with Crippen LogP contribution in [0.3, 0.4) is 0 Å².